The molecule has 0 saturated carbocycles. The number of hydrogen-bond donors (Lipinski definition) is 0. The molecule has 4 nitrogen and oxygen atoms in total. The Morgan fingerprint density at radius 1 is 0.667 bits per heavy atom. The Balaban J connectivity index is 1.70. The van der Waals surface area contributed by atoms with Gasteiger partial charge < -0.3 is 4.90 Å². The van der Waals surface area contributed by atoms with Crippen LogP contribution in [0.2, 0.25) is 0 Å². The van der Waals surface area contributed by atoms with Gasteiger partial charge in [-0.15, -0.1) is 0 Å². The lowest BCUT2D eigenvalue weighted by Gasteiger charge is -2.34. The average molecular weight is 455 g/mol. The second kappa shape index (κ2) is 8.85. The first-order chi connectivity index (χ1) is 16.1. The van der Waals surface area contributed by atoms with Gasteiger partial charge >= 0.3 is 0 Å². The summed E-state index contributed by atoms with van der Waals surface area (Å²) in [5.74, 6) is 0. The van der Waals surface area contributed by atoms with Gasteiger partial charge in [0, 0.05) is 12.2 Å². The van der Waals surface area contributed by atoms with Crippen LogP contribution >= 0.6 is 0 Å². The molecule has 4 aromatic rings. The van der Waals surface area contributed by atoms with Gasteiger partial charge in [0.05, 0.1) is 10.9 Å². The van der Waals surface area contributed by atoms with Gasteiger partial charge in [0.15, 0.2) is 0 Å². The molecule has 0 N–H and O–H groups in total. The molecule has 0 amide bonds. The highest BCUT2D eigenvalue weighted by molar-refractivity contribution is 7.89. The van der Waals surface area contributed by atoms with E-state index in [1.54, 1.807) is 16.4 Å². The number of rotatable bonds is 5. The summed E-state index contributed by atoms with van der Waals surface area (Å²) < 4.78 is 29.6. The van der Waals surface area contributed by atoms with Gasteiger partial charge in [0.2, 0.25) is 10.0 Å². The Morgan fingerprint density at radius 2 is 1.18 bits per heavy atom. The van der Waals surface area contributed by atoms with Crippen LogP contribution in [-0.4, -0.2) is 19.3 Å². The topological polar surface area (TPSA) is 40.6 Å². The molecule has 4 aromatic carbocycles. The van der Waals surface area contributed by atoms with Crippen molar-refractivity contribution in [1.82, 2.24) is 4.31 Å². The van der Waals surface area contributed by atoms with Crippen molar-refractivity contribution >= 4 is 15.7 Å². The molecule has 0 aliphatic carbocycles. The van der Waals surface area contributed by atoms with Crippen LogP contribution in [0.4, 0.5) is 5.69 Å². The van der Waals surface area contributed by atoms with Gasteiger partial charge in [0.25, 0.3) is 0 Å². The van der Waals surface area contributed by atoms with E-state index < -0.39 is 16.2 Å². The van der Waals surface area contributed by atoms with Crippen LogP contribution in [0.1, 0.15) is 28.9 Å². The van der Waals surface area contributed by atoms with Crippen LogP contribution in [0, 0.1) is 6.92 Å². The van der Waals surface area contributed by atoms with Gasteiger partial charge in [-0.05, 0) is 42.3 Å². The van der Waals surface area contributed by atoms with E-state index in [0.717, 1.165) is 22.4 Å². The number of benzene rings is 4. The van der Waals surface area contributed by atoms with Gasteiger partial charge in [-0.2, -0.15) is 4.31 Å². The number of para-hydroxylation sites is 1. The predicted molar refractivity (Wildman–Crippen MR) is 132 cm³/mol. The maximum atomic E-state index is 14.0. The van der Waals surface area contributed by atoms with Crippen LogP contribution in [0.25, 0.3) is 0 Å². The quantitative estimate of drug-likeness (QED) is 0.374. The molecule has 1 heterocycles. The van der Waals surface area contributed by atoms with Crippen molar-refractivity contribution in [3.63, 3.8) is 0 Å². The Bertz CT molecular complexity index is 1310. The van der Waals surface area contributed by atoms with Crippen LogP contribution in [0.3, 0.4) is 0 Å². The molecule has 0 aromatic heterocycles. The lowest BCUT2D eigenvalue weighted by molar-refractivity contribution is 0.396. The van der Waals surface area contributed by atoms with Crippen molar-refractivity contribution in [2.45, 2.75) is 24.0 Å². The minimum absolute atomic E-state index is 0.126. The Kier molecular flexibility index (Phi) is 5.75. The largest absolute Gasteiger partial charge is 0.342 e. The molecule has 33 heavy (non-hydrogen) atoms. The van der Waals surface area contributed by atoms with Crippen molar-refractivity contribution in [3.05, 3.63) is 132 Å². The molecule has 1 aliphatic rings. The lowest BCUT2D eigenvalue weighted by atomic mass is 10.0. The highest BCUT2D eigenvalue weighted by atomic mass is 32.2. The molecule has 2 atom stereocenters. The first kappa shape index (κ1) is 21.4. The maximum Gasteiger partial charge on any atom is 0.245 e. The van der Waals surface area contributed by atoms with E-state index >= 15 is 0 Å². The Hall–Kier alpha value is -3.41. The van der Waals surface area contributed by atoms with E-state index in [9.17, 15) is 8.42 Å². The lowest BCUT2D eigenvalue weighted by Crippen LogP contribution is -2.35. The van der Waals surface area contributed by atoms with Crippen LogP contribution < -0.4 is 4.90 Å². The fourth-order valence-electron chi connectivity index (χ4n) is 4.56. The molecule has 1 fully saturated rings. The monoisotopic (exact) mass is 454 g/mol. The summed E-state index contributed by atoms with van der Waals surface area (Å²) in [5, 5.41) is 0. The summed E-state index contributed by atoms with van der Waals surface area (Å²) in [6.07, 6.45) is -0.467. The van der Waals surface area contributed by atoms with Crippen LogP contribution in [0.5, 0.6) is 0 Å². The van der Waals surface area contributed by atoms with Crippen LogP contribution in [0.15, 0.2) is 120 Å². The Morgan fingerprint density at radius 3 is 1.76 bits per heavy atom. The van der Waals surface area contributed by atoms with Gasteiger partial charge in [-0.25, -0.2) is 8.42 Å². The summed E-state index contributed by atoms with van der Waals surface area (Å²) >= 11 is 0. The third-order valence-electron chi connectivity index (χ3n) is 6.19. The molecule has 0 radical (unpaired) electrons. The normalized spacial score (nSPS) is 19.0. The highest BCUT2D eigenvalue weighted by Gasteiger charge is 2.47. The number of nitrogens with zero attached hydrogens (tertiary/aromatic N) is 2. The van der Waals surface area contributed by atoms with E-state index in [2.05, 4.69) is 17.0 Å². The minimum Gasteiger partial charge on any atom is -0.342 e. The van der Waals surface area contributed by atoms with Gasteiger partial charge in [-0.1, -0.05) is 96.6 Å². The molecule has 0 spiro atoms. The molecule has 5 heteroatoms. The zero-order valence-electron chi connectivity index (χ0n) is 18.5. The van der Waals surface area contributed by atoms with Crippen molar-refractivity contribution in [2.75, 3.05) is 11.4 Å². The van der Waals surface area contributed by atoms with E-state index in [1.807, 2.05) is 97.9 Å². The highest BCUT2D eigenvalue weighted by Crippen LogP contribution is 2.46. The first-order valence-electron chi connectivity index (χ1n) is 11.1. The summed E-state index contributed by atoms with van der Waals surface area (Å²) in [6, 6.07) is 37.1. The van der Waals surface area contributed by atoms with Crippen molar-refractivity contribution in [2.24, 2.45) is 0 Å². The van der Waals surface area contributed by atoms with E-state index in [0.29, 0.717) is 11.4 Å². The standard InChI is InChI=1S/C28H26N2O2S/c1-22-17-19-26(20-18-22)33(31,32)29-21-27(23-11-5-2-6-12-23)30(25-15-9-4-10-16-25)28(29)24-13-7-3-8-14-24/h2-20,27-28H,21H2,1H3/t27-,28-/m0/s1. The third kappa shape index (κ3) is 4.06. The average Bonchev–Trinajstić information content (AvgIpc) is 3.28. The maximum absolute atomic E-state index is 14.0. The van der Waals surface area contributed by atoms with Gasteiger partial charge in [-0.3, -0.25) is 0 Å². The molecule has 5 rings (SSSR count). The van der Waals surface area contributed by atoms with Crippen molar-refractivity contribution in [1.29, 1.82) is 0 Å². The minimum atomic E-state index is -3.74. The smallest absolute Gasteiger partial charge is 0.245 e. The van der Waals surface area contributed by atoms with Crippen molar-refractivity contribution in [3.8, 4) is 0 Å². The number of aryl methyl sites for hydroxylation is 1. The molecular weight excluding hydrogens is 428 g/mol. The number of sulfonamides is 1. The fraction of sp³-hybridized carbons (Fsp3) is 0.143. The fourth-order valence-corrected chi connectivity index (χ4v) is 6.13. The number of hydrogen-bond acceptors (Lipinski definition) is 3. The Labute approximate surface area is 195 Å². The first-order valence-corrected chi connectivity index (χ1v) is 12.5. The van der Waals surface area contributed by atoms with E-state index in [1.165, 1.54) is 0 Å². The van der Waals surface area contributed by atoms with E-state index in [-0.39, 0.29) is 6.04 Å². The zero-order valence-corrected chi connectivity index (χ0v) is 19.3. The van der Waals surface area contributed by atoms with Crippen molar-refractivity contribution < 1.29 is 8.42 Å². The summed E-state index contributed by atoms with van der Waals surface area (Å²) in [4.78, 5) is 2.55. The SMILES string of the molecule is Cc1ccc(S(=O)(=O)N2C[C@@H](c3ccccc3)N(c3ccccc3)[C@H]2c2ccccc2)cc1. The summed E-state index contributed by atoms with van der Waals surface area (Å²) in [7, 11) is -3.74. The third-order valence-corrected chi connectivity index (χ3v) is 8.02. The second-order valence-electron chi connectivity index (χ2n) is 8.34. The van der Waals surface area contributed by atoms with Gasteiger partial charge in [0.1, 0.15) is 6.17 Å². The summed E-state index contributed by atoms with van der Waals surface area (Å²) in [5.41, 5.74) is 4.05. The molecule has 1 saturated heterocycles. The number of anilines is 1. The molecule has 166 valence electrons. The zero-order chi connectivity index (χ0) is 22.8. The molecule has 1 aliphatic heterocycles. The summed E-state index contributed by atoms with van der Waals surface area (Å²) in [6.45, 7) is 2.32. The molecular formula is C28H26N2O2S. The predicted octanol–water partition coefficient (Wildman–Crippen LogP) is 5.95. The van der Waals surface area contributed by atoms with Crippen LogP contribution in [-0.2, 0) is 10.0 Å². The molecule has 0 bridgehead atoms. The van der Waals surface area contributed by atoms with E-state index in [4.69, 9.17) is 0 Å². The second-order valence-corrected chi connectivity index (χ2v) is 10.2. The molecule has 0 unspecified atom stereocenters.